The van der Waals surface area contributed by atoms with Gasteiger partial charge in [0.05, 0.1) is 12.0 Å². The zero-order valence-corrected chi connectivity index (χ0v) is 11.3. The lowest BCUT2D eigenvalue weighted by Gasteiger charge is -2.40. The quantitative estimate of drug-likeness (QED) is 0.784. The topological polar surface area (TPSA) is 69.6 Å². The van der Waals surface area contributed by atoms with Crippen LogP contribution in [0.15, 0.2) is 48.5 Å². The van der Waals surface area contributed by atoms with E-state index in [1.807, 2.05) is 48.5 Å². The molecule has 0 aliphatic carbocycles. The first-order chi connectivity index (χ1) is 10.1. The number of carboxylic acid groups (broad SMARTS) is 1. The summed E-state index contributed by atoms with van der Waals surface area (Å²) in [6, 6.07) is 15.3. The minimum absolute atomic E-state index is 0.0939. The number of aliphatic hydroxyl groups is 1. The van der Waals surface area contributed by atoms with Crippen molar-refractivity contribution in [1.29, 1.82) is 0 Å². The van der Waals surface area contributed by atoms with E-state index in [4.69, 9.17) is 0 Å². The summed E-state index contributed by atoms with van der Waals surface area (Å²) in [6.07, 6.45) is 0.352. The minimum Gasteiger partial charge on any atom is -0.481 e. The molecule has 2 atom stereocenters. The van der Waals surface area contributed by atoms with Gasteiger partial charge in [-0.15, -0.1) is 0 Å². The molecule has 2 heterocycles. The van der Waals surface area contributed by atoms with Crippen molar-refractivity contribution in [2.75, 3.05) is 0 Å². The number of nitrogens with one attached hydrogen (secondary N) is 1. The van der Waals surface area contributed by atoms with Crippen molar-refractivity contribution in [3.63, 3.8) is 0 Å². The van der Waals surface area contributed by atoms with Gasteiger partial charge in [0.15, 0.2) is 0 Å². The van der Waals surface area contributed by atoms with E-state index in [2.05, 4.69) is 5.32 Å². The van der Waals surface area contributed by atoms with Crippen LogP contribution in [-0.4, -0.2) is 16.2 Å². The fraction of sp³-hybridized carbons (Fsp3) is 0.235. The maximum atomic E-state index is 11.5. The van der Waals surface area contributed by atoms with Crippen LogP contribution in [0.25, 0.3) is 0 Å². The van der Waals surface area contributed by atoms with Crippen molar-refractivity contribution in [1.82, 2.24) is 5.32 Å². The minimum atomic E-state index is -1.19. The lowest BCUT2D eigenvalue weighted by molar-refractivity contribution is -0.139. The monoisotopic (exact) mass is 281 g/mol. The molecule has 106 valence electrons. The molecule has 0 saturated heterocycles. The van der Waals surface area contributed by atoms with Crippen molar-refractivity contribution in [2.45, 2.75) is 24.1 Å². The Morgan fingerprint density at radius 2 is 1.67 bits per heavy atom. The fourth-order valence-electron chi connectivity index (χ4n) is 3.88. The Balaban J connectivity index is 2.06. The third kappa shape index (κ3) is 1.54. The van der Waals surface area contributed by atoms with Crippen molar-refractivity contribution < 1.29 is 15.0 Å². The summed E-state index contributed by atoms with van der Waals surface area (Å²) in [4.78, 5) is 11.5. The first kappa shape index (κ1) is 12.6. The molecular formula is C17H15NO3. The van der Waals surface area contributed by atoms with Crippen LogP contribution < -0.4 is 5.32 Å². The summed E-state index contributed by atoms with van der Waals surface area (Å²) < 4.78 is 0. The van der Waals surface area contributed by atoms with Crippen LogP contribution in [0.1, 0.15) is 28.7 Å². The van der Waals surface area contributed by atoms with Gasteiger partial charge in [-0.25, -0.2) is 0 Å². The first-order valence-electron chi connectivity index (χ1n) is 6.97. The van der Waals surface area contributed by atoms with Crippen LogP contribution in [-0.2, 0) is 22.5 Å². The fourth-order valence-corrected chi connectivity index (χ4v) is 3.88. The number of aliphatic carboxylic acids is 1. The molecule has 0 saturated carbocycles. The Kier molecular flexibility index (Phi) is 2.35. The van der Waals surface area contributed by atoms with E-state index in [1.165, 1.54) is 0 Å². The average molecular weight is 281 g/mol. The Hall–Kier alpha value is -2.17. The normalized spacial score (nSPS) is 28.8. The summed E-state index contributed by atoms with van der Waals surface area (Å²) in [5.74, 6) is -0.891. The van der Waals surface area contributed by atoms with Crippen LogP contribution in [0.3, 0.4) is 0 Å². The molecule has 4 heteroatoms. The zero-order chi connectivity index (χ0) is 14.7. The molecule has 0 spiro atoms. The molecule has 2 unspecified atom stereocenters. The highest BCUT2D eigenvalue weighted by Crippen LogP contribution is 2.51. The van der Waals surface area contributed by atoms with Crippen molar-refractivity contribution in [3.8, 4) is 0 Å². The standard InChI is InChI=1S/C17H15NO3/c19-15(20)10-16-12-6-2-1-5-11(12)9-17(21,18-16)14-8-4-3-7-13(14)16/h1-8,18,21H,9-10H2,(H,19,20). The van der Waals surface area contributed by atoms with Gasteiger partial charge >= 0.3 is 5.97 Å². The Labute approximate surface area is 122 Å². The van der Waals surface area contributed by atoms with E-state index in [9.17, 15) is 15.0 Å². The van der Waals surface area contributed by atoms with Gasteiger partial charge < -0.3 is 10.2 Å². The van der Waals surface area contributed by atoms with Crippen molar-refractivity contribution in [3.05, 3.63) is 70.8 Å². The van der Waals surface area contributed by atoms with Gasteiger partial charge in [0.25, 0.3) is 0 Å². The second kappa shape index (κ2) is 3.93. The van der Waals surface area contributed by atoms with E-state index >= 15 is 0 Å². The predicted molar refractivity (Wildman–Crippen MR) is 76.7 cm³/mol. The van der Waals surface area contributed by atoms with Crippen LogP contribution in [0.2, 0.25) is 0 Å². The van der Waals surface area contributed by atoms with Crippen LogP contribution in [0.5, 0.6) is 0 Å². The number of carbonyl (C=O) groups is 1. The molecule has 0 aromatic heterocycles. The molecule has 0 amide bonds. The Morgan fingerprint density at radius 1 is 1.05 bits per heavy atom. The van der Waals surface area contributed by atoms with Crippen LogP contribution >= 0.6 is 0 Å². The van der Waals surface area contributed by atoms with Crippen molar-refractivity contribution in [2.24, 2.45) is 0 Å². The molecule has 2 bridgehead atoms. The highest BCUT2D eigenvalue weighted by atomic mass is 16.4. The van der Waals surface area contributed by atoms with E-state index < -0.39 is 17.2 Å². The van der Waals surface area contributed by atoms with E-state index in [1.54, 1.807) is 0 Å². The summed E-state index contributed by atoms with van der Waals surface area (Å²) in [5, 5.41) is 23.6. The number of hydrogen-bond donors (Lipinski definition) is 3. The molecule has 2 aliphatic heterocycles. The van der Waals surface area contributed by atoms with E-state index in [-0.39, 0.29) is 6.42 Å². The van der Waals surface area contributed by atoms with E-state index in [0.717, 1.165) is 22.3 Å². The number of fused-ring (bicyclic) bond motifs is 7. The Bertz CT molecular complexity index is 757. The molecule has 4 nitrogen and oxygen atoms in total. The zero-order valence-electron chi connectivity index (χ0n) is 11.3. The molecule has 4 rings (SSSR count). The third-order valence-electron chi connectivity index (χ3n) is 4.59. The highest BCUT2D eigenvalue weighted by molar-refractivity contribution is 5.72. The third-order valence-corrected chi connectivity index (χ3v) is 4.59. The molecular weight excluding hydrogens is 266 g/mol. The number of rotatable bonds is 2. The second-order valence-electron chi connectivity index (χ2n) is 5.84. The van der Waals surface area contributed by atoms with Gasteiger partial charge in [0.1, 0.15) is 5.72 Å². The summed E-state index contributed by atoms with van der Waals surface area (Å²) >= 11 is 0. The highest BCUT2D eigenvalue weighted by Gasteiger charge is 2.56. The van der Waals surface area contributed by atoms with Crippen molar-refractivity contribution >= 4 is 5.97 Å². The first-order valence-corrected chi connectivity index (χ1v) is 6.97. The molecule has 2 aromatic rings. The lowest BCUT2D eigenvalue weighted by atomic mass is 9.78. The molecule has 2 aromatic carbocycles. The Morgan fingerprint density at radius 3 is 2.38 bits per heavy atom. The second-order valence-corrected chi connectivity index (χ2v) is 5.84. The smallest absolute Gasteiger partial charge is 0.305 e. The van der Waals surface area contributed by atoms with Crippen LogP contribution in [0.4, 0.5) is 0 Å². The SMILES string of the molecule is O=C(O)CC12NC(O)(Cc3ccccc31)c1ccccc12. The van der Waals surface area contributed by atoms with Gasteiger partial charge in [0, 0.05) is 12.0 Å². The summed E-state index contributed by atoms with van der Waals surface area (Å²) in [5.41, 5.74) is 1.53. The van der Waals surface area contributed by atoms with Gasteiger partial charge in [-0.05, 0) is 16.7 Å². The average Bonchev–Trinajstić information content (AvgIpc) is 2.65. The molecule has 3 N–H and O–H groups in total. The maximum absolute atomic E-state index is 11.5. The molecule has 0 fully saturated rings. The van der Waals surface area contributed by atoms with Gasteiger partial charge in [-0.2, -0.15) is 0 Å². The number of hydrogen-bond acceptors (Lipinski definition) is 3. The predicted octanol–water partition coefficient (Wildman–Crippen LogP) is 1.71. The summed E-state index contributed by atoms with van der Waals surface area (Å²) in [6.45, 7) is 0. The summed E-state index contributed by atoms with van der Waals surface area (Å²) in [7, 11) is 0. The number of carboxylic acids is 1. The van der Waals surface area contributed by atoms with Gasteiger partial charge in [-0.1, -0.05) is 48.5 Å². The number of benzene rings is 2. The van der Waals surface area contributed by atoms with Crippen LogP contribution in [0, 0.1) is 0 Å². The van der Waals surface area contributed by atoms with Gasteiger partial charge in [0.2, 0.25) is 0 Å². The molecule has 0 radical (unpaired) electrons. The lowest BCUT2D eigenvalue weighted by Crippen LogP contribution is -2.54. The molecule has 21 heavy (non-hydrogen) atoms. The largest absolute Gasteiger partial charge is 0.481 e. The van der Waals surface area contributed by atoms with Gasteiger partial charge in [-0.3, -0.25) is 10.1 Å². The maximum Gasteiger partial charge on any atom is 0.305 e. The molecule has 2 aliphatic rings. The van der Waals surface area contributed by atoms with E-state index in [0.29, 0.717) is 6.42 Å².